The summed E-state index contributed by atoms with van der Waals surface area (Å²) in [4.78, 5) is 10.3. The Hall–Kier alpha value is -1.05. The minimum absolute atomic E-state index is 0.280. The number of unbranched alkanes of at least 4 members (excludes halogenated alkanes) is 7. The first-order valence-electron chi connectivity index (χ1n) is 9.68. The molecule has 0 spiro atoms. The lowest BCUT2D eigenvalue weighted by Gasteiger charge is -2.07. The van der Waals surface area contributed by atoms with Crippen LogP contribution in [-0.4, -0.2) is 11.1 Å². The molecule has 0 aromatic heterocycles. The quantitative estimate of drug-likeness (QED) is 0.247. The van der Waals surface area contributed by atoms with E-state index in [0.29, 0.717) is 0 Å². The molecule has 0 aromatic rings. The number of aliphatic carboxylic acids is 1. The van der Waals surface area contributed by atoms with Gasteiger partial charge in [0.15, 0.2) is 0 Å². The number of carboxylic acids is 1. The summed E-state index contributed by atoms with van der Waals surface area (Å²) < 4.78 is 0. The van der Waals surface area contributed by atoms with Crippen molar-refractivity contribution in [3.63, 3.8) is 0 Å². The second kappa shape index (κ2) is 17.3. The van der Waals surface area contributed by atoms with Crippen LogP contribution >= 0.6 is 0 Å². The maximum atomic E-state index is 10.3. The van der Waals surface area contributed by atoms with Gasteiger partial charge in [0.1, 0.15) is 0 Å². The Kier molecular flexibility index (Phi) is 16.5. The summed E-state index contributed by atoms with van der Waals surface area (Å²) in [6.07, 6.45) is 23.8. The van der Waals surface area contributed by atoms with Crippen LogP contribution in [-0.2, 0) is 4.79 Å². The molecule has 2 nitrogen and oxygen atoms in total. The lowest BCUT2D eigenvalue weighted by atomic mass is 10.00. The Bertz CT molecular complexity index is 318. The molecule has 0 saturated carbocycles. The molecule has 0 aromatic carbocycles. The van der Waals surface area contributed by atoms with Crippen molar-refractivity contribution < 1.29 is 9.90 Å². The Morgan fingerprint density at radius 2 is 1.35 bits per heavy atom. The van der Waals surface area contributed by atoms with Crippen molar-refractivity contribution in [3.8, 4) is 0 Å². The number of hydrogen-bond donors (Lipinski definition) is 1. The molecule has 23 heavy (non-hydrogen) atoms. The summed E-state index contributed by atoms with van der Waals surface area (Å²) in [5, 5.41) is 8.52. The van der Waals surface area contributed by atoms with E-state index in [1.807, 2.05) is 0 Å². The van der Waals surface area contributed by atoms with Crippen molar-refractivity contribution in [3.05, 3.63) is 24.3 Å². The monoisotopic (exact) mass is 322 g/mol. The van der Waals surface area contributed by atoms with E-state index in [1.165, 1.54) is 51.4 Å². The fourth-order valence-corrected chi connectivity index (χ4v) is 2.52. The first-order chi connectivity index (χ1) is 11.2. The topological polar surface area (TPSA) is 37.3 Å². The van der Waals surface area contributed by atoms with Crippen molar-refractivity contribution in [2.45, 2.75) is 97.3 Å². The number of carboxylic acid groups (broad SMARTS) is 1. The predicted molar refractivity (Wildman–Crippen MR) is 101 cm³/mol. The molecule has 1 atom stereocenters. The van der Waals surface area contributed by atoms with Crippen LogP contribution in [0.15, 0.2) is 24.3 Å². The Labute approximate surface area is 144 Å². The van der Waals surface area contributed by atoms with Gasteiger partial charge in [0, 0.05) is 6.42 Å². The summed E-state index contributed by atoms with van der Waals surface area (Å²) in [6, 6.07) is 0. The third-order valence-corrected chi connectivity index (χ3v) is 4.36. The maximum absolute atomic E-state index is 10.3. The second-order valence-electron chi connectivity index (χ2n) is 6.66. The average molecular weight is 323 g/mol. The van der Waals surface area contributed by atoms with Gasteiger partial charge >= 0.3 is 5.97 Å². The van der Waals surface area contributed by atoms with Crippen molar-refractivity contribution >= 4 is 5.97 Å². The van der Waals surface area contributed by atoms with Crippen LogP contribution in [0.4, 0.5) is 0 Å². The molecule has 0 bridgehead atoms. The molecule has 134 valence electrons. The molecule has 0 amide bonds. The van der Waals surface area contributed by atoms with E-state index >= 15 is 0 Å². The summed E-state index contributed by atoms with van der Waals surface area (Å²) in [5.74, 6) is 0.209. The van der Waals surface area contributed by atoms with E-state index in [0.717, 1.165) is 31.6 Å². The van der Waals surface area contributed by atoms with E-state index in [2.05, 4.69) is 38.2 Å². The van der Waals surface area contributed by atoms with Gasteiger partial charge in [0.05, 0.1) is 0 Å². The third-order valence-electron chi connectivity index (χ3n) is 4.36. The first kappa shape index (κ1) is 21.9. The van der Waals surface area contributed by atoms with E-state index in [4.69, 9.17) is 5.11 Å². The van der Waals surface area contributed by atoms with Gasteiger partial charge in [-0.15, -0.1) is 0 Å². The Morgan fingerprint density at radius 1 is 0.826 bits per heavy atom. The molecule has 0 fully saturated rings. The molecular formula is C21H38O2. The van der Waals surface area contributed by atoms with E-state index in [1.54, 1.807) is 0 Å². The van der Waals surface area contributed by atoms with Gasteiger partial charge in [-0.25, -0.2) is 0 Å². The Balaban J connectivity index is 3.22. The number of carbonyl (C=O) groups is 1. The molecule has 0 rings (SSSR count). The van der Waals surface area contributed by atoms with E-state index in [9.17, 15) is 4.79 Å². The van der Waals surface area contributed by atoms with Crippen LogP contribution in [0.3, 0.4) is 0 Å². The van der Waals surface area contributed by atoms with E-state index in [-0.39, 0.29) is 6.42 Å². The second-order valence-corrected chi connectivity index (χ2v) is 6.66. The average Bonchev–Trinajstić information content (AvgIpc) is 2.53. The number of rotatable bonds is 16. The predicted octanol–water partition coefficient (Wildman–Crippen LogP) is 6.91. The highest BCUT2D eigenvalue weighted by Gasteiger charge is 1.97. The zero-order valence-electron chi connectivity index (χ0n) is 15.4. The van der Waals surface area contributed by atoms with Crippen molar-refractivity contribution in [1.82, 2.24) is 0 Å². The van der Waals surface area contributed by atoms with Gasteiger partial charge in [0.2, 0.25) is 0 Å². The van der Waals surface area contributed by atoms with Crippen LogP contribution in [0, 0.1) is 5.92 Å². The zero-order chi connectivity index (χ0) is 17.2. The standard InChI is InChI=1S/C21H38O2/c1-3-20(2)18-16-14-12-10-8-6-4-5-7-9-11-13-15-17-19-21(22)23/h4-5,11,13,20H,3,6-10,12,14-19H2,1-2H3,(H,22,23)/b5-4+,13-11+/t20-/m0/s1. The van der Waals surface area contributed by atoms with Crippen molar-refractivity contribution in [2.75, 3.05) is 0 Å². The molecule has 0 aliphatic carbocycles. The van der Waals surface area contributed by atoms with Crippen LogP contribution in [0.25, 0.3) is 0 Å². The molecule has 0 saturated heterocycles. The molecule has 2 heteroatoms. The van der Waals surface area contributed by atoms with Gasteiger partial charge in [-0.2, -0.15) is 0 Å². The van der Waals surface area contributed by atoms with Crippen LogP contribution < -0.4 is 0 Å². The Morgan fingerprint density at radius 3 is 1.96 bits per heavy atom. The highest BCUT2D eigenvalue weighted by Crippen LogP contribution is 2.14. The molecule has 0 unspecified atom stereocenters. The number of hydrogen-bond acceptors (Lipinski definition) is 1. The fourth-order valence-electron chi connectivity index (χ4n) is 2.52. The minimum atomic E-state index is -0.697. The lowest BCUT2D eigenvalue weighted by molar-refractivity contribution is -0.137. The molecular weight excluding hydrogens is 284 g/mol. The molecule has 0 aliphatic rings. The van der Waals surface area contributed by atoms with Crippen molar-refractivity contribution in [1.29, 1.82) is 0 Å². The van der Waals surface area contributed by atoms with Gasteiger partial charge in [-0.05, 0) is 44.4 Å². The maximum Gasteiger partial charge on any atom is 0.303 e. The van der Waals surface area contributed by atoms with Gasteiger partial charge in [-0.3, -0.25) is 4.79 Å². The largest absolute Gasteiger partial charge is 0.481 e. The highest BCUT2D eigenvalue weighted by atomic mass is 16.4. The minimum Gasteiger partial charge on any atom is -0.481 e. The zero-order valence-corrected chi connectivity index (χ0v) is 15.4. The summed E-state index contributed by atoms with van der Waals surface area (Å²) in [5.41, 5.74) is 0. The number of allylic oxidation sites excluding steroid dienone is 4. The molecule has 0 heterocycles. The highest BCUT2D eigenvalue weighted by molar-refractivity contribution is 5.66. The SMILES string of the molecule is CC[C@H](C)CCCCCCC/C=C/CC/C=C/CCCC(=O)O. The van der Waals surface area contributed by atoms with E-state index < -0.39 is 5.97 Å². The fraction of sp³-hybridized carbons (Fsp3) is 0.762. The third kappa shape index (κ3) is 18.9. The van der Waals surface area contributed by atoms with Crippen molar-refractivity contribution in [2.24, 2.45) is 5.92 Å². The summed E-state index contributed by atoms with van der Waals surface area (Å²) >= 11 is 0. The van der Waals surface area contributed by atoms with Gasteiger partial charge in [0.25, 0.3) is 0 Å². The summed E-state index contributed by atoms with van der Waals surface area (Å²) in [7, 11) is 0. The van der Waals surface area contributed by atoms with Gasteiger partial charge in [-0.1, -0.05) is 76.7 Å². The van der Waals surface area contributed by atoms with Gasteiger partial charge < -0.3 is 5.11 Å². The molecule has 0 aliphatic heterocycles. The summed E-state index contributed by atoms with van der Waals surface area (Å²) in [6.45, 7) is 4.64. The molecule has 0 radical (unpaired) electrons. The smallest absolute Gasteiger partial charge is 0.303 e. The van der Waals surface area contributed by atoms with Crippen LogP contribution in [0.2, 0.25) is 0 Å². The lowest BCUT2D eigenvalue weighted by Crippen LogP contribution is -1.92. The molecule has 1 N–H and O–H groups in total. The van der Waals surface area contributed by atoms with Crippen LogP contribution in [0.1, 0.15) is 97.3 Å². The first-order valence-corrected chi connectivity index (χ1v) is 9.68. The van der Waals surface area contributed by atoms with Crippen LogP contribution in [0.5, 0.6) is 0 Å². The normalized spacial score (nSPS) is 13.1.